The first-order chi connectivity index (χ1) is 9.11. The fourth-order valence-electron chi connectivity index (χ4n) is 1.67. The zero-order chi connectivity index (χ0) is 13.8. The fraction of sp³-hybridized carbons (Fsp3) is 0.143. The molecule has 2 aromatic rings. The lowest BCUT2D eigenvalue weighted by molar-refractivity contribution is 0.565. The van der Waals surface area contributed by atoms with Crippen molar-refractivity contribution < 1.29 is 8.78 Å². The van der Waals surface area contributed by atoms with Crippen molar-refractivity contribution in [3.8, 4) is 0 Å². The Hall–Kier alpha value is -1.10. The van der Waals surface area contributed by atoms with E-state index in [-0.39, 0.29) is 0 Å². The van der Waals surface area contributed by atoms with Gasteiger partial charge < -0.3 is 5.32 Å². The Labute approximate surface area is 120 Å². The topological polar surface area (TPSA) is 12.0 Å². The quantitative estimate of drug-likeness (QED) is 0.893. The van der Waals surface area contributed by atoms with E-state index in [0.717, 1.165) is 16.5 Å². The summed E-state index contributed by atoms with van der Waals surface area (Å²) in [6.07, 6.45) is 0. The predicted molar refractivity (Wildman–Crippen MR) is 74.7 cm³/mol. The van der Waals surface area contributed by atoms with Gasteiger partial charge in [-0.2, -0.15) is 0 Å². The van der Waals surface area contributed by atoms with E-state index in [1.807, 2.05) is 19.2 Å². The zero-order valence-corrected chi connectivity index (χ0v) is 11.8. The maximum absolute atomic E-state index is 13.7. The second kappa shape index (κ2) is 6.37. The molecule has 5 heteroatoms. The van der Waals surface area contributed by atoms with E-state index in [4.69, 9.17) is 11.6 Å². The van der Waals surface area contributed by atoms with Gasteiger partial charge in [0.1, 0.15) is 11.6 Å². The smallest absolute Gasteiger partial charge is 0.140 e. The first kappa shape index (κ1) is 14.3. The lowest BCUT2D eigenvalue weighted by Crippen LogP contribution is -2.06. The predicted octanol–water partition coefficient (Wildman–Crippen LogP) is 4.49. The van der Waals surface area contributed by atoms with Gasteiger partial charge in [0.25, 0.3) is 0 Å². The van der Waals surface area contributed by atoms with Crippen molar-refractivity contribution in [1.29, 1.82) is 0 Å². The average Bonchev–Trinajstić information content (AvgIpc) is 2.36. The van der Waals surface area contributed by atoms with Gasteiger partial charge in [-0.1, -0.05) is 35.5 Å². The summed E-state index contributed by atoms with van der Waals surface area (Å²) in [5.41, 5.74) is 0.976. The molecule has 0 atom stereocenters. The summed E-state index contributed by atoms with van der Waals surface area (Å²) in [6.45, 7) is 0.631. The first-order valence-corrected chi connectivity index (χ1v) is 6.86. The van der Waals surface area contributed by atoms with Gasteiger partial charge in [0, 0.05) is 22.4 Å². The molecule has 0 aliphatic carbocycles. The van der Waals surface area contributed by atoms with Crippen LogP contribution in [0.15, 0.2) is 46.2 Å². The molecule has 2 aromatic carbocycles. The molecule has 19 heavy (non-hydrogen) atoms. The van der Waals surface area contributed by atoms with Gasteiger partial charge in [-0.3, -0.25) is 0 Å². The molecule has 100 valence electrons. The van der Waals surface area contributed by atoms with Crippen LogP contribution >= 0.6 is 23.4 Å². The molecule has 0 amide bonds. The number of hydrogen-bond donors (Lipinski definition) is 1. The molecule has 0 spiro atoms. The van der Waals surface area contributed by atoms with Crippen LogP contribution in [0.5, 0.6) is 0 Å². The molecule has 0 heterocycles. The van der Waals surface area contributed by atoms with Crippen LogP contribution in [0.3, 0.4) is 0 Å². The Morgan fingerprint density at radius 3 is 2.68 bits per heavy atom. The third kappa shape index (κ3) is 3.47. The largest absolute Gasteiger partial charge is 0.316 e. The monoisotopic (exact) mass is 299 g/mol. The molecule has 0 saturated carbocycles. The van der Waals surface area contributed by atoms with Gasteiger partial charge in [0.2, 0.25) is 0 Å². The van der Waals surface area contributed by atoms with Crippen molar-refractivity contribution in [3.63, 3.8) is 0 Å². The Bertz CT molecular complexity index is 590. The van der Waals surface area contributed by atoms with Crippen molar-refractivity contribution >= 4 is 23.4 Å². The highest BCUT2D eigenvalue weighted by Crippen LogP contribution is 2.37. The van der Waals surface area contributed by atoms with Crippen LogP contribution in [0, 0.1) is 11.6 Å². The molecular weight excluding hydrogens is 288 g/mol. The van der Waals surface area contributed by atoms with Crippen LogP contribution in [-0.4, -0.2) is 7.05 Å². The lowest BCUT2D eigenvalue weighted by atomic mass is 10.2. The molecule has 2 rings (SSSR count). The Morgan fingerprint density at radius 2 is 2.00 bits per heavy atom. The highest BCUT2D eigenvalue weighted by Gasteiger charge is 2.11. The Kier molecular flexibility index (Phi) is 4.80. The van der Waals surface area contributed by atoms with Crippen LogP contribution in [0.25, 0.3) is 0 Å². The van der Waals surface area contributed by atoms with Gasteiger partial charge in [-0.25, -0.2) is 8.78 Å². The summed E-state index contributed by atoms with van der Waals surface area (Å²) in [6, 6.07) is 9.05. The molecule has 0 saturated heterocycles. The maximum atomic E-state index is 13.7. The van der Waals surface area contributed by atoms with Gasteiger partial charge in [-0.05, 0) is 30.8 Å². The normalized spacial score (nSPS) is 10.7. The van der Waals surface area contributed by atoms with E-state index in [2.05, 4.69) is 5.32 Å². The van der Waals surface area contributed by atoms with E-state index in [0.29, 0.717) is 16.5 Å². The summed E-state index contributed by atoms with van der Waals surface area (Å²) in [4.78, 5) is 1.14. The Balaban J connectivity index is 2.37. The molecule has 0 radical (unpaired) electrons. The lowest BCUT2D eigenvalue weighted by Gasteiger charge is -2.11. The standard InChI is InChI=1S/C14H12ClF2NS/c1-18-8-9-3-2-4-11(15)14(9)19-13-6-5-10(16)7-12(13)17/h2-7,18H,8H2,1H3. The molecule has 0 aliphatic heterocycles. The maximum Gasteiger partial charge on any atom is 0.140 e. The number of halogens is 3. The summed E-state index contributed by atoms with van der Waals surface area (Å²) in [7, 11) is 1.83. The van der Waals surface area contributed by atoms with E-state index < -0.39 is 11.6 Å². The van der Waals surface area contributed by atoms with Crippen LogP contribution in [0.1, 0.15) is 5.56 Å². The van der Waals surface area contributed by atoms with Crippen molar-refractivity contribution in [2.24, 2.45) is 0 Å². The van der Waals surface area contributed by atoms with Crippen LogP contribution < -0.4 is 5.32 Å². The molecule has 1 N–H and O–H groups in total. The van der Waals surface area contributed by atoms with Gasteiger partial charge >= 0.3 is 0 Å². The van der Waals surface area contributed by atoms with E-state index in [9.17, 15) is 8.78 Å². The van der Waals surface area contributed by atoms with Crippen LogP contribution in [-0.2, 0) is 6.54 Å². The molecule has 0 aliphatic rings. The molecule has 0 bridgehead atoms. The van der Waals surface area contributed by atoms with Gasteiger partial charge in [0.15, 0.2) is 0 Å². The molecule has 0 fully saturated rings. The van der Waals surface area contributed by atoms with Crippen LogP contribution in [0.2, 0.25) is 5.02 Å². The summed E-state index contributed by atoms with van der Waals surface area (Å²) < 4.78 is 26.5. The molecule has 0 unspecified atom stereocenters. The minimum atomic E-state index is -0.587. The van der Waals surface area contributed by atoms with Crippen molar-refractivity contribution in [2.75, 3.05) is 7.05 Å². The number of benzene rings is 2. The Morgan fingerprint density at radius 1 is 1.21 bits per heavy atom. The molecule has 1 nitrogen and oxygen atoms in total. The second-order valence-corrected chi connectivity index (χ2v) is 5.39. The van der Waals surface area contributed by atoms with Gasteiger partial charge in [-0.15, -0.1) is 0 Å². The average molecular weight is 300 g/mol. The minimum Gasteiger partial charge on any atom is -0.316 e. The molecule has 0 aromatic heterocycles. The summed E-state index contributed by atoms with van der Waals surface area (Å²) >= 11 is 7.36. The van der Waals surface area contributed by atoms with Crippen molar-refractivity contribution in [3.05, 3.63) is 58.6 Å². The SMILES string of the molecule is CNCc1cccc(Cl)c1Sc1ccc(F)cc1F. The van der Waals surface area contributed by atoms with Gasteiger partial charge in [0.05, 0.1) is 5.02 Å². The fourth-order valence-corrected chi connectivity index (χ4v) is 2.92. The van der Waals surface area contributed by atoms with Crippen molar-refractivity contribution in [2.45, 2.75) is 16.3 Å². The highest BCUT2D eigenvalue weighted by molar-refractivity contribution is 7.99. The third-order valence-corrected chi connectivity index (χ3v) is 4.19. The third-order valence-electron chi connectivity index (χ3n) is 2.52. The first-order valence-electron chi connectivity index (χ1n) is 5.66. The number of hydrogen-bond acceptors (Lipinski definition) is 2. The van der Waals surface area contributed by atoms with E-state index in [1.54, 1.807) is 6.07 Å². The minimum absolute atomic E-state index is 0.354. The zero-order valence-electron chi connectivity index (χ0n) is 10.2. The number of rotatable bonds is 4. The van der Waals surface area contributed by atoms with Crippen molar-refractivity contribution in [1.82, 2.24) is 5.32 Å². The number of nitrogens with one attached hydrogen (secondary N) is 1. The van der Waals surface area contributed by atoms with Crippen LogP contribution in [0.4, 0.5) is 8.78 Å². The molecular formula is C14H12ClF2NS. The second-order valence-electron chi connectivity index (χ2n) is 3.94. The summed E-state index contributed by atoms with van der Waals surface area (Å²) in [5, 5.41) is 3.59. The van der Waals surface area contributed by atoms with E-state index in [1.165, 1.54) is 23.9 Å². The summed E-state index contributed by atoms with van der Waals surface area (Å²) in [5.74, 6) is -1.17. The van der Waals surface area contributed by atoms with E-state index >= 15 is 0 Å². The highest BCUT2D eigenvalue weighted by atomic mass is 35.5.